The molecule has 1 fully saturated rings. The number of rotatable bonds is 6. The Morgan fingerprint density at radius 1 is 1.24 bits per heavy atom. The van der Waals surface area contributed by atoms with Crippen LogP contribution in [0.1, 0.15) is 11.7 Å². The first-order valence-corrected chi connectivity index (χ1v) is 9.64. The Morgan fingerprint density at radius 2 is 2.00 bits per heavy atom. The summed E-state index contributed by atoms with van der Waals surface area (Å²) in [4.78, 5) is 2.13. The summed E-state index contributed by atoms with van der Waals surface area (Å²) in [5.41, 5.74) is 1.02. The standard InChI is InChI=1S/C17H22FN3O3S/c1-20-7-3-6-16(20)17(21-8-10-24-11-9-21)13-19-25(22,23)15-5-2-4-14(18)12-15/h2-7,12,17,19H,8-11,13H2,1H3/t17-/m1/s1. The lowest BCUT2D eigenvalue weighted by Crippen LogP contribution is -2.44. The summed E-state index contributed by atoms with van der Waals surface area (Å²) < 4.78 is 48.3. The van der Waals surface area contributed by atoms with Gasteiger partial charge in [-0.1, -0.05) is 6.07 Å². The van der Waals surface area contributed by atoms with Gasteiger partial charge in [-0.15, -0.1) is 0 Å². The van der Waals surface area contributed by atoms with Crippen LogP contribution in [0.15, 0.2) is 47.5 Å². The summed E-state index contributed by atoms with van der Waals surface area (Å²) in [7, 11) is -1.84. The maximum absolute atomic E-state index is 13.3. The zero-order valence-corrected chi connectivity index (χ0v) is 14.9. The van der Waals surface area contributed by atoms with Gasteiger partial charge in [0.05, 0.1) is 24.2 Å². The van der Waals surface area contributed by atoms with Crippen molar-refractivity contribution < 1.29 is 17.5 Å². The van der Waals surface area contributed by atoms with Crippen LogP contribution in [0.25, 0.3) is 0 Å². The number of ether oxygens (including phenoxy) is 1. The number of halogens is 1. The van der Waals surface area contributed by atoms with E-state index >= 15 is 0 Å². The fraction of sp³-hybridized carbons (Fsp3) is 0.412. The first-order valence-electron chi connectivity index (χ1n) is 8.15. The highest BCUT2D eigenvalue weighted by atomic mass is 32.2. The minimum Gasteiger partial charge on any atom is -0.379 e. The van der Waals surface area contributed by atoms with Gasteiger partial charge in [0, 0.05) is 38.6 Å². The molecular weight excluding hydrogens is 345 g/mol. The molecule has 2 heterocycles. The average Bonchev–Trinajstić information content (AvgIpc) is 3.02. The number of aryl methyl sites for hydroxylation is 1. The molecule has 6 nitrogen and oxygen atoms in total. The zero-order chi connectivity index (χ0) is 17.9. The summed E-state index contributed by atoms with van der Waals surface area (Å²) >= 11 is 0. The van der Waals surface area contributed by atoms with Gasteiger partial charge in [-0.25, -0.2) is 17.5 Å². The van der Waals surface area contributed by atoms with E-state index < -0.39 is 15.8 Å². The topological polar surface area (TPSA) is 63.6 Å². The lowest BCUT2D eigenvalue weighted by molar-refractivity contribution is 0.0158. The third kappa shape index (κ3) is 4.27. The fourth-order valence-electron chi connectivity index (χ4n) is 3.04. The van der Waals surface area contributed by atoms with Crippen LogP contribution in [0, 0.1) is 5.82 Å². The summed E-state index contributed by atoms with van der Waals surface area (Å²) in [5, 5.41) is 0. The Bertz CT molecular complexity index is 816. The van der Waals surface area contributed by atoms with Crippen LogP contribution in [0.4, 0.5) is 4.39 Å². The molecule has 1 saturated heterocycles. The molecule has 0 aliphatic carbocycles. The summed E-state index contributed by atoms with van der Waals surface area (Å²) in [6.45, 7) is 2.92. The van der Waals surface area contributed by atoms with Gasteiger partial charge in [0.2, 0.25) is 10.0 Å². The highest BCUT2D eigenvalue weighted by molar-refractivity contribution is 7.89. The molecule has 3 rings (SSSR count). The number of hydrogen-bond donors (Lipinski definition) is 1. The first-order chi connectivity index (χ1) is 12.0. The quantitative estimate of drug-likeness (QED) is 0.841. The second-order valence-corrected chi connectivity index (χ2v) is 7.78. The number of hydrogen-bond acceptors (Lipinski definition) is 4. The molecule has 0 unspecified atom stereocenters. The normalized spacial score (nSPS) is 17.5. The lowest BCUT2D eigenvalue weighted by Gasteiger charge is -2.34. The molecule has 0 spiro atoms. The number of aromatic nitrogens is 1. The predicted octanol–water partition coefficient (Wildman–Crippen LogP) is 1.52. The zero-order valence-electron chi connectivity index (χ0n) is 14.1. The van der Waals surface area contributed by atoms with Gasteiger partial charge in [-0.3, -0.25) is 4.90 Å². The maximum Gasteiger partial charge on any atom is 0.240 e. The minimum atomic E-state index is -3.78. The van der Waals surface area contributed by atoms with Gasteiger partial charge in [-0.05, 0) is 30.3 Å². The SMILES string of the molecule is Cn1cccc1[C@@H](CNS(=O)(=O)c1cccc(F)c1)N1CCOCC1. The van der Waals surface area contributed by atoms with E-state index in [4.69, 9.17) is 4.74 Å². The number of nitrogens with zero attached hydrogens (tertiary/aromatic N) is 2. The van der Waals surface area contributed by atoms with Crippen molar-refractivity contribution in [3.63, 3.8) is 0 Å². The molecule has 0 amide bonds. The van der Waals surface area contributed by atoms with Crippen LogP contribution >= 0.6 is 0 Å². The largest absolute Gasteiger partial charge is 0.379 e. The molecule has 8 heteroatoms. The van der Waals surface area contributed by atoms with Crippen molar-refractivity contribution in [2.24, 2.45) is 7.05 Å². The van der Waals surface area contributed by atoms with Gasteiger partial charge in [-0.2, -0.15) is 0 Å². The summed E-state index contributed by atoms with van der Waals surface area (Å²) in [6, 6.07) is 8.82. The van der Waals surface area contributed by atoms with Crippen LogP contribution in [-0.2, 0) is 21.8 Å². The lowest BCUT2D eigenvalue weighted by atomic mass is 10.1. The maximum atomic E-state index is 13.3. The number of nitrogens with one attached hydrogen (secondary N) is 1. The molecule has 1 aliphatic heterocycles. The van der Waals surface area contributed by atoms with E-state index in [0.717, 1.165) is 24.8 Å². The van der Waals surface area contributed by atoms with Crippen molar-refractivity contribution in [3.8, 4) is 0 Å². The average molecular weight is 367 g/mol. The Morgan fingerprint density at radius 3 is 2.64 bits per heavy atom. The molecule has 1 atom stereocenters. The molecule has 2 aromatic rings. The molecule has 25 heavy (non-hydrogen) atoms. The molecule has 1 aromatic heterocycles. The predicted molar refractivity (Wildman–Crippen MR) is 92.1 cm³/mol. The molecule has 0 bridgehead atoms. The Kier molecular flexibility index (Phi) is 5.53. The summed E-state index contributed by atoms with van der Waals surface area (Å²) in [6.07, 6.45) is 1.93. The second-order valence-electron chi connectivity index (χ2n) is 6.02. The Balaban J connectivity index is 1.79. The molecule has 1 N–H and O–H groups in total. The third-order valence-electron chi connectivity index (χ3n) is 4.38. The van der Waals surface area contributed by atoms with Crippen molar-refractivity contribution in [2.45, 2.75) is 10.9 Å². The van der Waals surface area contributed by atoms with E-state index in [1.165, 1.54) is 18.2 Å². The third-order valence-corrected chi connectivity index (χ3v) is 5.81. The Hall–Kier alpha value is -1.74. The van der Waals surface area contributed by atoms with E-state index in [1.807, 2.05) is 29.9 Å². The van der Waals surface area contributed by atoms with Gasteiger partial charge < -0.3 is 9.30 Å². The van der Waals surface area contributed by atoms with Crippen LogP contribution in [0.3, 0.4) is 0 Å². The van der Waals surface area contributed by atoms with E-state index in [2.05, 4.69) is 9.62 Å². The number of benzene rings is 1. The monoisotopic (exact) mass is 367 g/mol. The van der Waals surface area contributed by atoms with Crippen molar-refractivity contribution in [2.75, 3.05) is 32.8 Å². The molecular formula is C17H22FN3O3S. The Labute approximate surface area is 147 Å². The molecule has 0 saturated carbocycles. The molecule has 1 aliphatic rings. The first kappa shape index (κ1) is 18.1. The van der Waals surface area contributed by atoms with Crippen molar-refractivity contribution >= 4 is 10.0 Å². The van der Waals surface area contributed by atoms with Crippen molar-refractivity contribution in [1.82, 2.24) is 14.2 Å². The van der Waals surface area contributed by atoms with Crippen LogP contribution < -0.4 is 4.72 Å². The second kappa shape index (κ2) is 7.65. The number of morpholine rings is 1. The van der Waals surface area contributed by atoms with Crippen LogP contribution in [0.5, 0.6) is 0 Å². The van der Waals surface area contributed by atoms with Gasteiger partial charge in [0.15, 0.2) is 0 Å². The van der Waals surface area contributed by atoms with Gasteiger partial charge in [0.25, 0.3) is 0 Å². The van der Waals surface area contributed by atoms with Crippen LogP contribution in [0.2, 0.25) is 0 Å². The van der Waals surface area contributed by atoms with Gasteiger partial charge >= 0.3 is 0 Å². The molecule has 1 aromatic carbocycles. The van der Waals surface area contributed by atoms with E-state index in [1.54, 1.807) is 0 Å². The minimum absolute atomic E-state index is 0.0693. The van der Waals surface area contributed by atoms with Crippen molar-refractivity contribution in [1.29, 1.82) is 0 Å². The van der Waals surface area contributed by atoms with E-state index in [0.29, 0.717) is 13.2 Å². The highest BCUT2D eigenvalue weighted by Gasteiger charge is 2.26. The summed E-state index contributed by atoms with van der Waals surface area (Å²) in [5.74, 6) is -0.574. The molecule has 0 radical (unpaired) electrons. The van der Waals surface area contributed by atoms with E-state index in [9.17, 15) is 12.8 Å². The fourth-order valence-corrected chi connectivity index (χ4v) is 4.11. The smallest absolute Gasteiger partial charge is 0.240 e. The van der Waals surface area contributed by atoms with Crippen LogP contribution in [-0.4, -0.2) is 50.7 Å². The van der Waals surface area contributed by atoms with E-state index in [-0.39, 0.29) is 17.5 Å². The van der Waals surface area contributed by atoms with Gasteiger partial charge in [0.1, 0.15) is 5.82 Å². The highest BCUT2D eigenvalue weighted by Crippen LogP contribution is 2.22. The van der Waals surface area contributed by atoms with Crippen molar-refractivity contribution in [3.05, 3.63) is 54.1 Å². The number of sulfonamides is 1. The molecule has 136 valence electrons.